The average Bonchev–Trinajstić information content (AvgIpc) is 2.65. The van der Waals surface area contributed by atoms with E-state index in [4.69, 9.17) is 9.47 Å². The molecule has 0 radical (unpaired) electrons. The quantitative estimate of drug-likeness (QED) is 0.735. The third kappa shape index (κ3) is 4.01. The highest BCUT2D eigenvalue weighted by molar-refractivity contribution is 5.90. The Morgan fingerprint density at radius 1 is 0.920 bits per heavy atom. The van der Waals surface area contributed by atoms with Crippen LogP contribution in [0.1, 0.15) is 5.56 Å². The van der Waals surface area contributed by atoms with Gasteiger partial charge in [-0.05, 0) is 16.3 Å². The van der Waals surface area contributed by atoms with Crippen LogP contribution in [-0.4, -0.2) is 20.3 Å². The molecule has 3 aromatic rings. The predicted octanol–water partition coefficient (Wildman–Crippen LogP) is 4.18. The Kier molecular flexibility index (Phi) is 5.04. The average molecular weight is 336 g/mol. The lowest BCUT2D eigenvalue weighted by molar-refractivity contribution is 0.252. The summed E-state index contributed by atoms with van der Waals surface area (Å²) < 4.78 is 10.4. The fraction of sp³-hybridized carbons (Fsp3) is 0.150. The second-order valence-electron chi connectivity index (χ2n) is 5.55. The van der Waals surface area contributed by atoms with E-state index in [9.17, 15) is 4.79 Å². The molecule has 0 spiro atoms. The zero-order valence-corrected chi connectivity index (χ0v) is 14.2. The molecule has 0 aliphatic carbocycles. The first kappa shape index (κ1) is 16.6. The van der Waals surface area contributed by atoms with Crippen LogP contribution < -0.4 is 20.1 Å². The Morgan fingerprint density at radius 3 is 2.32 bits per heavy atom. The Morgan fingerprint density at radius 2 is 1.60 bits per heavy atom. The summed E-state index contributed by atoms with van der Waals surface area (Å²) in [5.74, 6) is 1.23. The van der Waals surface area contributed by atoms with E-state index in [0.29, 0.717) is 23.7 Å². The van der Waals surface area contributed by atoms with Crippen LogP contribution in [-0.2, 0) is 6.54 Å². The molecule has 0 atom stereocenters. The topological polar surface area (TPSA) is 59.6 Å². The lowest BCUT2D eigenvalue weighted by atomic mass is 10.0. The molecule has 0 saturated heterocycles. The number of urea groups is 1. The number of benzene rings is 3. The zero-order chi connectivity index (χ0) is 17.6. The van der Waals surface area contributed by atoms with Crippen molar-refractivity contribution in [2.75, 3.05) is 19.5 Å². The molecule has 2 amide bonds. The number of carbonyl (C=O) groups is 1. The summed E-state index contributed by atoms with van der Waals surface area (Å²) in [5.41, 5.74) is 1.67. The first-order chi connectivity index (χ1) is 12.2. The standard InChI is InChI=1S/C20H20N2O3/c1-24-17-10-16(11-18(12-17)25-2)22-20(23)21-13-15-8-5-7-14-6-3-4-9-19(14)15/h3-12H,13H2,1-2H3,(H2,21,22,23). The van der Waals surface area contributed by atoms with Crippen LogP contribution in [0.25, 0.3) is 10.8 Å². The number of hydrogen-bond donors (Lipinski definition) is 2. The van der Waals surface area contributed by atoms with Crippen LogP contribution >= 0.6 is 0 Å². The van der Waals surface area contributed by atoms with Crippen molar-refractivity contribution in [1.82, 2.24) is 5.32 Å². The highest BCUT2D eigenvalue weighted by Crippen LogP contribution is 2.25. The van der Waals surface area contributed by atoms with Gasteiger partial charge < -0.3 is 20.1 Å². The summed E-state index contributed by atoms with van der Waals surface area (Å²) in [6, 6.07) is 19.1. The lowest BCUT2D eigenvalue weighted by Crippen LogP contribution is -2.28. The van der Waals surface area contributed by atoms with E-state index in [2.05, 4.69) is 28.8 Å². The van der Waals surface area contributed by atoms with Crippen molar-refractivity contribution in [1.29, 1.82) is 0 Å². The molecule has 128 valence electrons. The Bertz CT molecular complexity index is 865. The van der Waals surface area contributed by atoms with Crippen molar-refractivity contribution in [2.45, 2.75) is 6.54 Å². The minimum Gasteiger partial charge on any atom is -0.497 e. The van der Waals surface area contributed by atoms with Crippen molar-refractivity contribution in [3.8, 4) is 11.5 Å². The fourth-order valence-electron chi connectivity index (χ4n) is 2.68. The third-order valence-corrected chi connectivity index (χ3v) is 3.93. The van der Waals surface area contributed by atoms with E-state index in [-0.39, 0.29) is 6.03 Å². The minimum absolute atomic E-state index is 0.289. The second kappa shape index (κ2) is 7.57. The molecule has 0 aliphatic rings. The molecule has 5 heteroatoms. The summed E-state index contributed by atoms with van der Waals surface area (Å²) in [6.45, 7) is 0.439. The molecule has 0 aromatic heterocycles. The lowest BCUT2D eigenvalue weighted by Gasteiger charge is -2.12. The van der Waals surface area contributed by atoms with Gasteiger partial charge in [-0.15, -0.1) is 0 Å². The first-order valence-corrected chi connectivity index (χ1v) is 7.94. The maximum Gasteiger partial charge on any atom is 0.319 e. The number of ether oxygens (including phenoxy) is 2. The van der Waals surface area contributed by atoms with E-state index in [1.807, 2.05) is 24.3 Å². The van der Waals surface area contributed by atoms with Crippen molar-refractivity contribution in [2.24, 2.45) is 0 Å². The number of rotatable bonds is 5. The number of fused-ring (bicyclic) bond motifs is 1. The van der Waals surface area contributed by atoms with Crippen LogP contribution in [0.2, 0.25) is 0 Å². The summed E-state index contributed by atoms with van der Waals surface area (Å²) >= 11 is 0. The van der Waals surface area contributed by atoms with E-state index in [1.165, 1.54) is 0 Å². The predicted molar refractivity (Wildman–Crippen MR) is 99.4 cm³/mol. The van der Waals surface area contributed by atoms with Gasteiger partial charge in [0.25, 0.3) is 0 Å². The Balaban J connectivity index is 1.69. The van der Waals surface area contributed by atoms with E-state index < -0.39 is 0 Å². The number of nitrogens with one attached hydrogen (secondary N) is 2. The normalized spacial score (nSPS) is 10.3. The monoisotopic (exact) mass is 336 g/mol. The van der Waals surface area contributed by atoms with Gasteiger partial charge in [-0.1, -0.05) is 42.5 Å². The molecule has 0 aliphatic heterocycles. The van der Waals surface area contributed by atoms with Crippen molar-refractivity contribution in [3.05, 3.63) is 66.2 Å². The van der Waals surface area contributed by atoms with Crippen LogP contribution in [0.3, 0.4) is 0 Å². The Hall–Kier alpha value is -3.21. The van der Waals surface area contributed by atoms with E-state index in [1.54, 1.807) is 32.4 Å². The largest absolute Gasteiger partial charge is 0.497 e. The number of carbonyl (C=O) groups excluding carboxylic acids is 1. The van der Waals surface area contributed by atoms with E-state index in [0.717, 1.165) is 16.3 Å². The van der Waals surface area contributed by atoms with Gasteiger partial charge in [0.05, 0.1) is 14.2 Å². The molecule has 0 bridgehead atoms. The van der Waals surface area contributed by atoms with Crippen molar-refractivity contribution in [3.63, 3.8) is 0 Å². The number of amides is 2. The SMILES string of the molecule is COc1cc(NC(=O)NCc2cccc3ccccc23)cc(OC)c1. The summed E-state index contributed by atoms with van der Waals surface area (Å²) in [7, 11) is 3.14. The van der Waals surface area contributed by atoms with Gasteiger partial charge in [-0.2, -0.15) is 0 Å². The van der Waals surface area contributed by atoms with Crippen LogP contribution in [0.5, 0.6) is 11.5 Å². The molecule has 0 unspecified atom stereocenters. The van der Waals surface area contributed by atoms with Crippen LogP contribution in [0.4, 0.5) is 10.5 Å². The molecule has 2 N–H and O–H groups in total. The maximum atomic E-state index is 12.2. The number of methoxy groups -OCH3 is 2. The van der Waals surface area contributed by atoms with Gasteiger partial charge in [-0.25, -0.2) is 4.79 Å². The second-order valence-corrected chi connectivity index (χ2v) is 5.55. The molecule has 5 nitrogen and oxygen atoms in total. The number of hydrogen-bond acceptors (Lipinski definition) is 3. The number of anilines is 1. The Labute approximate surface area is 146 Å². The van der Waals surface area contributed by atoms with Crippen molar-refractivity contribution < 1.29 is 14.3 Å². The molecule has 0 heterocycles. The summed E-state index contributed by atoms with van der Waals surface area (Å²) in [6.07, 6.45) is 0. The first-order valence-electron chi connectivity index (χ1n) is 7.94. The zero-order valence-electron chi connectivity index (χ0n) is 14.2. The van der Waals surface area contributed by atoms with E-state index >= 15 is 0 Å². The van der Waals surface area contributed by atoms with Gasteiger partial charge in [-0.3, -0.25) is 0 Å². The molecule has 3 aromatic carbocycles. The summed E-state index contributed by atoms with van der Waals surface area (Å²) in [5, 5.41) is 7.97. The maximum absolute atomic E-state index is 12.2. The smallest absolute Gasteiger partial charge is 0.319 e. The molecular formula is C20H20N2O3. The summed E-state index contributed by atoms with van der Waals surface area (Å²) in [4.78, 5) is 12.2. The van der Waals surface area contributed by atoms with Gasteiger partial charge in [0, 0.05) is 30.4 Å². The fourth-order valence-corrected chi connectivity index (χ4v) is 2.68. The van der Waals surface area contributed by atoms with Gasteiger partial charge in [0.2, 0.25) is 0 Å². The van der Waals surface area contributed by atoms with Crippen LogP contribution in [0, 0.1) is 0 Å². The molecule has 25 heavy (non-hydrogen) atoms. The highest BCUT2D eigenvalue weighted by atomic mass is 16.5. The van der Waals surface area contributed by atoms with Crippen LogP contribution in [0.15, 0.2) is 60.7 Å². The highest BCUT2D eigenvalue weighted by Gasteiger charge is 2.07. The van der Waals surface area contributed by atoms with Crippen molar-refractivity contribution >= 4 is 22.5 Å². The molecule has 3 rings (SSSR count). The van der Waals surface area contributed by atoms with Gasteiger partial charge in [0.15, 0.2) is 0 Å². The molecule has 0 saturated carbocycles. The third-order valence-electron chi connectivity index (χ3n) is 3.93. The van der Waals surface area contributed by atoms with Gasteiger partial charge >= 0.3 is 6.03 Å². The minimum atomic E-state index is -0.289. The molecule has 0 fully saturated rings. The van der Waals surface area contributed by atoms with Gasteiger partial charge in [0.1, 0.15) is 11.5 Å². The molecular weight excluding hydrogens is 316 g/mol.